The molecule has 1 aromatic heterocycles. The van der Waals surface area contributed by atoms with Crippen molar-refractivity contribution >= 4 is 33.5 Å². The summed E-state index contributed by atoms with van der Waals surface area (Å²) in [6.07, 6.45) is 2.03. The van der Waals surface area contributed by atoms with Crippen molar-refractivity contribution in [3.63, 3.8) is 0 Å². The molecular weight excluding hydrogens is 372 g/mol. The number of nitrogens with one attached hydrogen (secondary N) is 1. The molecule has 1 fully saturated rings. The summed E-state index contributed by atoms with van der Waals surface area (Å²) in [5, 5.41) is 3.68. The Hall–Kier alpha value is -2.93. The highest BCUT2D eigenvalue weighted by molar-refractivity contribution is 7.18. The van der Waals surface area contributed by atoms with Crippen molar-refractivity contribution in [2.24, 2.45) is 5.73 Å². The van der Waals surface area contributed by atoms with E-state index in [1.54, 1.807) is 11.3 Å². The van der Waals surface area contributed by atoms with E-state index in [0.717, 1.165) is 33.6 Å². The standard InChI is InChI=1S/C21H22N4O2S/c22-21(27)24-16(14-7-2-1-3-8-14)13-19(26)25-12-6-10-17(25)20-23-15-9-4-5-11-18(15)28-20/h1-5,7-9,11,16-17H,6,10,12-13H2,(H3,22,24,27)/t16-,17-/m0/s1. The van der Waals surface area contributed by atoms with Crippen LogP contribution in [0.5, 0.6) is 0 Å². The molecule has 1 saturated heterocycles. The van der Waals surface area contributed by atoms with Crippen molar-refractivity contribution in [2.75, 3.05) is 6.54 Å². The first-order chi connectivity index (χ1) is 13.6. The lowest BCUT2D eigenvalue weighted by molar-refractivity contribution is -0.132. The fourth-order valence-corrected chi connectivity index (χ4v) is 4.87. The largest absolute Gasteiger partial charge is 0.352 e. The van der Waals surface area contributed by atoms with Crippen LogP contribution >= 0.6 is 11.3 Å². The van der Waals surface area contributed by atoms with Crippen molar-refractivity contribution in [2.45, 2.75) is 31.3 Å². The molecule has 2 aromatic carbocycles. The zero-order valence-corrected chi connectivity index (χ0v) is 16.2. The molecule has 2 heterocycles. The Labute approximate surface area is 167 Å². The third kappa shape index (κ3) is 3.84. The second-order valence-corrected chi connectivity index (χ2v) is 8.00. The molecule has 0 aliphatic carbocycles. The Morgan fingerprint density at radius 2 is 1.93 bits per heavy atom. The number of amides is 3. The highest BCUT2D eigenvalue weighted by Gasteiger charge is 2.33. The van der Waals surface area contributed by atoms with Crippen LogP contribution in [0.1, 0.15) is 41.9 Å². The Morgan fingerprint density at radius 1 is 1.18 bits per heavy atom. The Morgan fingerprint density at radius 3 is 2.68 bits per heavy atom. The van der Waals surface area contributed by atoms with E-state index in [1.165, 1.54) is 0 Å². The first-order valence-corrected chi connectivity index (χ1v) is 10.2. The second kappa shape index (κ2) is 7.98. The van der Waals surface area contributed by atoms with Crippen molar-refractivity contribution in [3.05, 3.63) is 65.2 Å². The fraction of sp³-hybridized carbons (Fsp3) is 0.286. The summed E-state index contributed by atoms with van der Waals surface area (Å²) in [4.78, 5) is 31.2. The molecule has 3 N–H and O–H groups in total. The summed E-state index contributed by atoms with van der Waals surface area (Å²) >= 11 is 1.65. The summed E-state index contributed by atoms with van der Waals surface area (Å²) in [6.45, 7) is 0.706. The van der Waals surface area contributed by atoms with Gasteiger partial charge in [-0.05, 0) is 30.5 Å². The topological polar surface area (TPSA) is 88.3 Å². The maximum atomic E-state index is 13.1. The molecule has 3 aromatic rings. The zero-order valence-electron chi connectivity index (χ0n) is 15.4. The fourth-order valence-electron chi connectivity index (χ4n) is 3.76. The lowest BCUT2D eigenvalue weighted by atomic mass is 10.0. The van der Waals surface area contributed by atoms with Gasteiger partial charge in [0.15, 0.2) is 0 Å². The van der Waals surface area contributed by atoms with Crippen LogP contribution in [0.15, 0.2) is 54.6 Å². The van der Waals surface area contributed by atoms with Gasteiger partial charge in [0, 0.05) is 6.54 Å². The molecular formula is C21H22N4O2S. The normalized spacial score (nSPS) is 17.6. The van der Waals surface area contributed by atoms with Crippen LogP contribution < -0.4 is 11.1 Å². The van der Waals surface area contributed by atoms with Crippen LogP contribution in [-0.4, -0.2) is 28.4 Å². The van der Waals surface area contributed by atoms with Gasteiger partial charge in [-0.1, -0.05) is 42.5 Å². The molecule has 3 amide bonds. The summed E-state index contributed by atoms with van der Waals surface area (Å²) < 4.78 is 1.13. The average molecular weight is 395 g/mol. The number of fused-ring (bicyclic) bond motifs is 1. The number of aromatic nitrogens is 1. The van der Waals surface area contributed by atoms with E-state index in [4.69, 9.17) is 10.7 Å². The number of thiazole rings is 1. The first kappa shape index (κ1) is 18.4. The summed E-state index contributed by atoms with van der Waals surface area (Å²) in [5.74, 6) is 0.00404. The van der Waals surface area contributed by atoms with Gasteiger partial charge in [-0.2, -0.15) is 0 Å². The van der Waals surface area contributed by atoms with Gasteiger partial charge in [-0.3, -0.25) is 4.79 Å². The van der Waals surface area contributed by atoms with Gasteiger partial charge < -0.3 is 16.0 Å². The number of nitrogens with zero attached hydrogens (tertiary/aromatic N) is 2. The minimum Gasteiger partial charge on any atom is -0.352 e. The number of nitrogens with two attached hydrogens (primary N) is 1. The van der Waals surface area contributed by atoms with E-state index in [9.17, 15) is 9.59 Å². The third-order valence-electron chi connectivity index (χ3n) is 5.07. The van der Waals surface area contributed by atoms with Crippen LogP contribution in [0.4, 0.5) is 4.79 Å². The third-order valence-corrected chi connectivity index (χ3v) is 6.20. The average Bonchev–Trinajstić information content (AvgIpc) is 3.34. The first-order valence-electron chi connectivity index (χ1n) is 9.37. The van der Waals surface area contributed by atoms with Crippen LogP contribution in [0, 0.1) is 0 Å². The minimum absolute atomic E-state index is 0.00404. The lowest BCUT2D eigenvalue weighted by Crippen LogP contribution is -2.38. The molecule has 1 aliphatic rings. The number of hydrogen-bond donors (Lipinski definition) is 2. The molecule has 4 rings (SSSR count). The van der Waals surface area contributed by atoms with Crippen LogP contribution in [0.2, 0.25) is 0 Å². The van der Waals surface area contributed by atoms with Crippen LogP contribution in [0.3, 0.4) is 0 Å². The highest BCUT2D eigenvalue weighted by atomic mass is 32.1. The van der Waals surface area contributed by atoms with E-state index in [0.29, 0.717) is 6.54 Å². The molecule has 2 atom stereocenters. The Bertz CT molecular complexity index is 955. The Kier molecular flexibility index (Phi) is 5.25. The monoisotopic (exact) mass is 394 g/mol. The van der Waals surface area contributed by atoms with Crippen molar-refractivity contribution in [1.82, 2.24) is 15.2 Å². The smallest absolute Gasteiger partial charge is 0.312 e. The van der Waals surface area contributed by atoms with E-state index >= 15 is 0 Å². The van der Waals surface area contributed by atoms with Crippen molar-refractivity contribution in [3.8, 4) is 0 Å². The number of hydrogen-bond acceptors (Lipinski definition) is 4. The molecule has 6 nitrogen and oxygen atoms in total. The number of benzene rings is 2. The number of rotatable bonds is 5. The second-order valence-electron chi connectivity index (χ2n) is 6.94. The van der Waals surface area contributed by atoms with Gasteiger partial charge in [0.05, 0.1) is 28.7 Å². The van der Waals surface area contributed by atoms with Crippen molar-refractivity contribution in [1.29, 1.82) is 0 Å². The summed E-state index contributed by atoms with van der Waals surface area (Å²) in [7, 11) is 0. The quantitative estimate of drug-likeness (QED) is 0.691. The van der Waals surface area contributed by atoms with Crippen LogP contribution in [0.25, 0.3) is 10.2 Å². The molecule has 144 valence electrons. The van der Waals surface area contributed by atoms with Gasteiger partial charge in [0.1, 0.15) is 5.01 Å². The molecule has 0 saturated carbocycles. The number of primary amides is 1. The summed E-state index contributed by atoms with van der Waals surface area (Å²) in [5.41, 5.74) is 7.18. The molecule has 0 spiro atoms. The lowest BCUT2D eigenvalue weighted by Gasteiger charge is -2.26. The zero-order chi connectivity index (χ0) is 19.5. The molecule has 28 heavy (non-hydrogen) atoms. The number of carbonyl (C=O) groups is 2. The van der Waals surface area contributed by atoms with Gasteiger partial charge >= 0.3 is 6.03 Å². The van der Waals surface area contributed by atoms with Gasteiger partial charge in [-0.15, -0.1) is 11.3 Å². The molecule has 0 unspecified atom stereocenters. The van der Waals surface area contributed by atoms with Gasteiger partial charge in [0.25, 0.3) is 0 Å². The number of carbonyl (C=O) groups excluding carboxylic acids is 2. The van der Waals surface area contributed by atoms with E-state index < -0.39 is 12.1 Å². The maximum Gasteiger partial charge on any atom is 0.312 e. The predicted molar refractivity (Wildman–Crippen MR) is 110 cm³/mol. The van der Waals surface area contributed by atoms with Gasteiger partial charge in [-0.25, -0.2) is 9.78 Å². The van der Waals surface area contributed by atoms with E-state index in [-0.39, 0.29) is 18.4 Å². The summed E-state index contributed by atoms with van der Waals surface area (Å²) in [6, 6.07) is 16.4. The molecule has 7 heteroatoms. The minimum atomic E-state index is -0.634. The number of urea groups is 1. The molecule has 0 bridgehead atoms. The number of likely N-dealkylation sites (tertiary alicyclic amines) is 1. The maximum absolute atomic E-state index is 13.1. The van der Waals surface area contributed by atoms with Crippen LogP contribution in [-0.2, 0) is 4.79 Å². The van der Waals surface area contributed by atoms with Crippen molar-refractivity contribution < 1.29 is 9.59 Å². The van der Waals surface area contributed by atoms with Gasteiger partial charge in [0.2, 0.25) is 5.91 Å². The van der Waals surface area contributed by atoms with E-state index in [2.05, 4.69) is 11.4 Å². The predicted octanol–water partition coefficient (Wildman–Crippen LogP) is 3.76. The Balaban J connectivity index is 1.54. The SMILES string of the molecule is NC(=O)N[C@@H](CC(=O)N1CCC[C@H]1c1nc2ccccc2s1)c1ccccc1. The molecule has 0 radical (unpaired) electrons. The highest BCUT2D eigenvalue weighted by Crippen LogP contribution is 2.37. The number of para-hydroxylation sites is 1. The molecule has 1 aliphatic heterocycles. The van der Waals surface area contributed by atoms with E-state index in [1.807, 2.05) is 53.4 Å².